The molecule has 6 heteroatoms. The normalized spacial score (nSPS) is 18.1. The molecule has 2 rings (SSSR count). The van der Waals surface area contributed by atoms with E-state index < -0.39 is 0 Å². The first-order chi connectivity index (χ1) is 9.20. The van der Waals surface area contributed by atoms with E-state index in [9.17, 15) is 0 Å². The molecule has 1 fully saturated rings. The molecule has 0 amide bonds. The number of halogens is 1. The number of hydrogen-bond acceptors (Lipinski definition) is 5. The summed E-state index contributed by atoms with van der Waals surface area (Å²) in [5.74, 6) is 0.636. The molecule has 0 aromatic carbocycles. The third-order valence-corrected chi connectivity index (χ3v) is 3.76. The predicted octanol–water partition coefficient (Wildman–Crippen LogP) is 2.42. The molecule has 1 saturated heterocycles. The average molecular weight is 285 g/mol. The van der Waals surface area contributed by atoms with Gasteiger partial charge in [-0.2, -0.15) is 4.98 Å². The van der Waals surface area contributed by atoms with Crippen molar-refractivity contribution in [3.8, 4) is 6.01 Å². The molecule has 1 aromatic rings. The smallest absolute Gasteiger partial charge is 0.318 e. The Bertz CT molecular complexity index is 410. The molecule has 1 N–H and O–H groups in total. The molecule has 19 heavy (non-hydrogen) atoms. The van der Waals surface area contributed by atoms with Crippen molar-refractivity contribution in [1.29, 1.82) is 0 Å². The molecule has 106 valence electrons. The van der Waals surface area contributed by atoms with E-state index in [2.05, 4.69) is 27.1 Å². The molecule has 0 bridgehead atoms. The van der Waals surface area contributed by atoms with Crippen molar-refractivity contribution in [2.24, 2.45) is 0 Å². The van der Waals surface area contributed by atoms with E-state index >= 15 is 0 Å². The maximum Gasteiger partial charge on any atom is 0.318 e. The third-order valence-electron chi connectivity index (χ3n) is 3.48. The van der Waals surface area contributed by atoms with Gasteiger partial charge in [-0.05, 0) is 32.9 Å². The van der Waals surface area contributed by atoms with Crippen LogP contribution in [0.3, 0.4) is 0 Å². The van der Waals surface area contributed by atoms with Crippen molar-refractivity contribution in [1.82, 2.24) is 14.9 Å². The Labute approximate surface area is 119 Å². The number of nitrogens with zero attached hydrogens (tertiary/aromatic N) is 3. The van der Waals surface area contributed by atoms with Crippen LogP contribution < -0.4 is 10.1 Å². The number of aromatic nitrogens is 2. The molecule has 0 radical (unpaired) electrons. The van der Waals surface area contributed by atoms with Gasteiger partial charge < -0.3 is 10.1 Å². The summed E-state index contributed by atoms with van der Waals surface area (Å²) in [7, 11) is 1.55. The highest BCUT2D eigenvalue weighted by Gasteiger charge is 2.17. The second-order valence-corrected chi connectivity index (χ2v) is 5.29. The number of methoxy groups -OCH3 is 1. The van der Waals surface area contributed by atoms with Crippen LogP contribution in [0.25, 0.3) is 0 Å². The summed E-state index contributed by atoms with van der Waals surface area (Å²) in [4.78, 5) is 10.7. The van der Waals surface area contributed by atoms with Crippen LogP contribution in [0.5, 0.6) is 6.01 Å². The van der Waals surface area contributed by atoms with Crippen molar-refractivity contribution in [3.05, 3.63) is 11.2 Å². The highest BCUT2D eigenvalue weighted by Crippen LogP contribution is 2.20. The van der Waals surface area contributed by atoms with Gasteiger partial charge in [-0.3, -0.25) is 4.90 Å². The maximum absolute atomic E-state index is 6.07. The molecule has 1 aliphatic rings. The molecule has 5 nitrogen and oxygen atoms in total. The topological polar surface area (TPSA) is 50.3 Å². The second kappa shape index (κ2) is 6.91. The average Bonchev–Trinajstić information content (AvgIpc) is 2.47. The van der Waals surface area contributed by atoms with E-state index in [-0.39, 0.29) is 0 Å². The summed E-state index contributed by atoms with van der Waals surface area (Å²) >= 11 is 6.07. The quantitative estimate of drug-likeness (QED) is 0.900. The lowest BCUT2D eigenvalue weighted by Gasteiger charge is -2.32. The van der Waals surface area contributed by atoms with Crippen LogP contribution in [0.2, 0.25) is 5.02 Å². The Kier molecular flexibility index (Phi) is 5.22. The zero-order valence-electron chi connectivity index (χ0n) is 11.5. The van der Waals surface area contributed by atoms with E-state index in [1.54, 1.807) is 13.3 Å². The SMILES string of the molecule is COc1ncc(Cl)c(NCC(C)N2CCCCC2)n1. The summed E-state index contributed by atoms with van der Waals surface area (Å²) in [5, 5.41) is 3.80. The first-order valence-corrected chi connectivity index (χ1v) is 7.13. The van der Waals surface area contributed by atoms with Gasteiger partial charge in [0.15, 0.2) is 5.82 Å². The minimum atomic E-state index is 0.331. The molecule has 1 atom stereocenters. The molecule has 0 aliphatic carbocycles. The summed E-state index contributed by atoms with van der Waals surface area (Å²) in [6.07, 6.45) is 5.51. The van der Waals surface area contributed by atoms with Gasteiger partial charge in [0, 0.05) is 12.6 Å². The van der Waals surface area contributed by atoms with Gasteiger partial charge in [0.25, 0.3) is 0 Å². The fourth-order valence-electron chi connectivity index (χ4n) is 2.31. The van der Waals surface area contributed by atoms with E-state index in [0.717, 1.165) is 6.54 Å². The lowest BCUT2D eigenvalue weighted by atomic mass is 10.1. The number of likely N-dealkylation sites (tertiary alicyclic amines) is 1. The second-order valence-electron chi connectivity index (χ2n) is 4.88. The first kappa shape index (κ1) is 14.3. The number of ether oxygens (including phenoxy) is 1. The van der Waals surface area contributed by atoms with Crippen molar-refractivity contribution in [3.63, 3.8) is 0 Å². The van der Waals surface area contributed by atoms with E-state index in [1.807, 2.05) is 0 Å². The molecule has 0 spiro atoms. The Morgan fingerprint density at radius 2 is 2.16 bits per heavy atom. The summed E-state index contributed by atoms with van der Waals surface area (Å²) < 4.78 is 5.00. The number of piperidine rings is 1. The van der Waals surface area contributed by atoms with Crippen LogP contribution in [0.1, 0.15) is 26.2 Å². The number of hydrogen-bond donors (Lipinski definition) is 1. The largest absolute Gasteiger partial charge is 0.467 e. The van der Waals surface area contributed by atoms with Crippen LogP contribution in [0.15, 0.2) is 6.20 Å². The Balaban J connectivity index is 1.90. The highest BCUT2D eigenvalue weighted by atomic mass is 35.5. The van der Waals surface area contributed by atoms with Crippen molar-refractivity contribution in [2.45, 2.75) is 32.2 Å². The van der Waals surface area contributed by atoms with Gasteiger partial charge in [-0.1, -0.05) is 18.0 Å². The van der Waals surface area contributed by atoms with Crippen molar-refractivity contribution < 1.29 is 4.74 Å². The van der Waals surface area contributed by atoms with Gasteiger partial charge in [0.2, 0.25) is 0 Å². The van der Waals surface area contributed by atoms with Crippen LogP contribution in [0, 0.1) is 0 Å². The fourth-order valence-corrected chi connectivity index (χ4v) is 2.46. The Morgan fingerprint density at radius 3 is 2.84 bits per heavy atom. The lowest BCUT2D eigenvalue weighted by Crippen LogP contribution is -2.41. The summed E-state index contributed by atoms with van der Waals surface area (Å²) in [5.41, 5.74) is 0. The van der Waals surface area contributed by atoms with Crippen molar-refractivity contribution in [2.75, 3.05) is 32.1 Å². The number of nitrogens with one attached hydrogen (secondary N) is 1. The van der Waals surface area contributed by atoms with Crippen LogP contribution in [-0.4, -0.2) is 47.7 Å². The Morgan fingerprint density at radius 1 is 1.42 bits per heavy atom. The van der Waals surface area contributed by atoms with Crippen LogP contribution in [0.4, 0.5) is 5.82 Å². The number of rotatable bonds is 5. The van der Waals surface area contributed by atoms with Gasteiger partial charge in [-0.15, -0.1) is 0 Å². The summed E-state index contributed by atoms with van der Waals surface area (Å²) in [6.45, 7) is 5.41. The molecule has 2 heterocycles. The maximum atomic E-state index is 6.07. The van der Waals surface area contributed by atoms with Gasteiger partial charge >= 0.3 is 6.01 Å². The standard InChI is InChI=1S/C13H21ClN4O/c1-10(18-6-4-3-5-7-18)8-15-12-11(14)9-16-13(17-12)19-2/h9-10H,3-8H2,1-2H3,(H,15,16,17). The predicted molar refractivity (Wildman–Crippen MR) is 77.0 cm³/mol. The fraction of sp³-hybridized carbons (Fsp3) is 0.692. The molecule has 0 saturated carbocycles. The molecular weight excluding hydrogens is 264 g/mol. The van der Waals surface area contributed by atoms with Gasteiger partial charge in [0.1, 0.15) is 5.02 Å². The van der Waals surface area contributed by atoms with E-state index in [4.69, 9.17) is 16.3 Å². The molecule has 1 aromatic heterocycles. The summed E-state index contributed by atoms with van der Waals surface area (Å²) in [6, 6.07) is 0.801. The minimum absolute atomic E-state index is 0.331. The van der Waals surface area contributed by atoms with Gasteiger partial charge in [-0.25, -0.2) is 4.98 Å². The van der Waals surface area contributed by atoms with Crippen LogP contribution in [-0.2, 0) is 0 Å². The van der Waals surface area contributed by atoms with E-state index in [0.29, 0.717) is 22.9 Å². The molecular formula is C13H21ClN4O. The molecule has 1 aliphatic heterocycles. The van der Waals surface area contributed by atoms with Crippen molar-refractivity contribution >= 4 is 17.4 Å². The number of anilines is 1. The lowest BCUT2D eigenvalue weighted by molar-refractivity contribution is 0.180. The zero-order chi connectivity index (χ0) is 13.7. The Hall–Kier alpha value is -1.07. The van der Waals surface area contributed by atoms with E-state index in [1.165, 1.54) is 32.4 Å². The monoisotopic (exact) mass is 284 g/mol. The van der Waals surface area contributed by atoms with Crippen LogP contribution >= 0.6 is 11.6 Å². The van der Waals surface area contributed by atoms with Gasteiger partial charge in [0.05, 0.1) is 13.3 Å². The minimum Gasteiger partial charge on any atom is -0.467 e. The third kappa shape index (κ3) is 3.94. The highest BCUT2D eigenvalue weighted by molar-refractivity contribution is 6.32. The first-order valence-electron chi connectivity index (χ1n) is 6.75. The molecule has 1 unspecified atom stereocenters. The zero-order valence-corrected chi connectivity index (χ0v) is 12.3.